The number of amides is 2. The molecule has 3 aromatic rings. The molecule has 0 unspecified atom stereocenters. The van der Waals surface area contributed by atoms with Crippen LogP contribution in [0.15, 0.2) is 64.2 Å². The Morgan fingerprint density at radius 3 is 2.53 bits per heavy atom. The van der Waals surface area contributed by atoms with E-state index in [9.17, 15) is 9.59 Å². The van der Waals surface area contributed by atoms with Crippen LogP contribution in [-0.2, 0) is 22.5 Å². The topological polar surface area (TPSA) is 86.1 Å². The molecule has 0 aliphatic heterocycles. The highest BCUT2D eigenvalue weighted by molar-refractivity contribution is 9.10. The number of alkyl carbamates (subject to hydrolysis) is 1. The number of imide groups is 1. The van der Waals surface area contributed by atoms with Crippen molar-refractivity contribution in [1.29, 1.82) is 0 Å². The summed E-state index contributed by atoms with van der Waals surface area (Å²) < 4.78 is 7.71. The fraction of sp³-hybridized carbons (Fsp3) is 0.238. The van der Waals surface area contributed by atoms with Crippen molar-refractivity contribution in [2.24, 2.45) is 0 Å². The Balaban J connectivity index is 1.77. The fourth-order valence-electron chi connectivity index (χ4n) is 2.74. The second-order valence-corrected chi connectivity index (χ2v) is 8.12. The second-order valence-electron chi connectivity index (χ2n) is 6.26. The van der Waals surface area contributed by atoms with Gasteiger partial charge in [-0.3, -0.25) is 10.1 Å². The molecule has 30 heavy (non-hydrogen) atoms. The van der Waals surface area contributed by atoms with Crippen LogP contribution in [-0.4, -0.2) is 39.1 Å². The molecule has 0 atom stereocenters. The minimum absolute atomic E-state index is 0.0304. The lowest BCUT2D eigenvalue weighted by Gasteiger charge is -2.11. The fourth-order valence-corrected chi connectivity index (χ4v) is 3.77. The summed E-state index contributed by atoms with van der Waals surface area (Å²) in [5, 5.41) is 11.4. The largest absolute Gasteiger partial charge is 0.450 e. The van der Waals surface area contributed by atoms with E-state index in [1.807, 2.05) is 47.0 Å². The first-order valence-corrected chi connectivity index (χ1v) is 11.2. The lowest BCUT2D eigenvalue weighted by molar-refractivity contribution is -0.117. The molecule has 0 radical (unpaired) electrons. The zero-order chi connectivity index (χ0) is 21.3. The summed E-state index contributed by atoms with van der Waals surface area (Å²) in [5.74, 6) is 0.316. The first-order chi connectivity index (χ1) is 14.6. The minimum atomic E-state index is -0.746. The molecule has 1 N–H and O–H groups in total. The van der Waals surface area contributed by atoms with Crippen LogP contribution in [0, 0.1) is 0 Å². The van der Waals surface area contributed by atoms with Crippen LogP contribution in [0.4, 0.5) is 4.79 Å². The van der Waals surface area contributed by atoms with Crippen molar-refractivity contribution in [3.05, 3.63) is 64.6 Å². The van der Waals surface area contributed by atoms with Gasteiger partial charge < -0.3 is 9.30 Å². The summed E-state index contributed by atoms with van der Waals surface area (Å²) in [5.41, 5.74) is 2.13. The van der Waals surface area contributed by atoms with Crippen molar-refractivity contribution in [2.45, 2.75) is 25.0 Å². The van der Waals surface area contributed by atoms with Crippen LogP contribution >= 0.6 is 27.7 Å². The molecule has 0 spiro atoms. The highest BCUT2D eigenvalue weighted by atomic mass is 79.9. The summed E-state index contributed by atoms with van der Waals surface area (Å²) in [6.07, 6.45) is 0.0505. The molecule has 2 aromatic carbocycles. The molecule has 0 saturated carbocycles. The maximum Gasteiger partial charge on any atom is 0.413 e. The Morgan fingerprint density at radius 1 is 1.10 bits per heavy atom. The van der Waals surface area contributed by atoms with Crippen molar-refractivity contribution in [1.82, 2.24) is 20.1 Å². The monoisotopic (exact) mass is 488 g/mol. The normalized spacial score (nSPS) is 10.6. The smallest absolute Gasteiger partial charge is 0.413 e. The number of benzene rings is 2. The Morgan fingerprint density at radius 2 is 1.83 bits per heavy atom. The molecule has 0 aliphatic carbocycles. The maximum absolute atomic E-state index is 12.0. The molecule has 2 amide bonds. The average Bonchev–Trinajstić information content (AvgIpc) is 3.15. The number of rotatable bonds is 8. The molecular formula is C21H21BrN4O3S. The van der Waals surface area contributed by atoms with Crippen molar-refractivity contribution in [2.75, 3.05) is 12.4 Å². The van der Waals surface area contributed by atoms with E-state index in [0.717, 1.165) is 22.3 Å². The predicted molar refractivity (Wildman–Crippen MR) is 119 cm³/mol. The number of nitrogens with one attached hydrogen (secondary N) is 1. The van der Waals surface area contributed by atoms with E-state index in [2.05, 4.69) is 43.6 Å². The number of nitrogens with zero attached hydrogens (tertiary/aromatic N) is 3. The van der Waals surface area contributed by atoms with Gasteiger partial charge in [0, 0.05) is 16.6 Å². The number of aromatic nitrogens is 3. The van der Waals surface area contributed by atoms with E-state index in [1.54, 1.807) is 6.92 Å². The first kappa shape index (κ1) is 22.0. The minimum Gasteiger partial charge on any atom is -0.450 e. The number of ether oxygens (including phenoxy) is 1. The number of halogens is 1. The molecule has 1 heterocycles. The average molecular weight is 489 g/mol. The van der Waals surface area contributed by atoms with E-state index in [4.69, 9.17) is 4.74 Å². The van der Waals surface area contributed by atoms with Gasteiger partial charge in [0.15, 0.2) is 11.0 Å². The number of aryl methyl sites for hydroxylation is 1. The molecule has 0 bridgehead atoms. The Hall–Kier alpha value is -2.65. The van der Waals surface area contributed by atoms with Gasteiger partial charge in [-0.05, 0) is 31.0 Å². The van der Waals surface area contributed by atoms with Gasteiger partial charge in [0.2, 0.25) is 5.91 Å². The highest BCUT2D eigenvalue weighted by Gasteiger charge is 2.17. The standard InChI is InChI=1S/C21H21BrN4O3S/c1-2-29-21(28)23-18(27)14-30-20-25-24-19(16-8-10-17(22)11-9-16)26(20)13-12-15-6-4-3-5-7-15/h3-11H,2,12-14H2,1H3,(H,23,27,28). The van der Waals surface area contributed by atoms with Gasteiger partial charge in [-0.1, -0.05) is 70.2 Å². The van der Waals surface area contributed by atoms with E-state index in [0.29, 0.717) is 11.7 Å². The molecule has 9 heteroatoms. The molecule has 7 nitrogen and oxygen atoms in total. The summed E-state index contributed by atoms with van der Waals surface area (Å²) >= 11 is 4.67. The van der Waals surface area contributed by atoms with Gasteiger partial charge in [0.05, 0.1) is 12.4 Å². The molecule has 1 aromatic heterocycles. The third-order valence-corrected chi connectivity index (χ3v) is 5.63. The van der Waals surface area contributed by atoms with Crippen molar-refractivity contribution in [3.8, 4) is 11.4 Å². The van der Waals surface area contributed by atoms with Crippen LogP contribution in [0.3, 0.4) is 0 Å². The lowest BCUT2D eigenvalue weighted by atomic mass is 10.1. The number of hydrogen-bond acceptors (Lipinski definition) is 6. The molecular weight excluding hydrogens is 468 g/mol. The van der Waals surface area contributed by atoms with Crippen LogP contribution in [0.5, 0.6) is 0 Å². The van der Waals surface area contributed by atoms with E-state index < -0.39 is 12.0 Å². The van der Waals surface area contributed by atoms with E-state index >= 15 is 0 Å². The molecule has 156 valence electrons. The Bertz CT molecular complexity index is 993. The summed E-state index contributed by atoms with van der Waals surface area (Å²) in [6, 6.07) is 18.0. The lowest BCUT2D eigenvalue weighted by Crippen LogP contribution is -2.32. The van der Waals surface area contributed by atoms with E-state index in [1.165, 1.54) is 17.3 Å². The van der Waals surface area contributed by atoms with Crippen LogP contribution < -0.4 is 5.32 Å². The zero-order valence-corrected chi connectivity index (χ0v) is 18.8. The van der Waals surface area contributed by atoms with Crippen molar-refractivity contribution >= 4 is 39.7 Å². The SMILES string of the molecule is CCOC(=O)NC(=O)CSc1nnc(-c2ccc(Br)cc2)n1CCc1ccccc1. The number of thioether (sulfide) groups is 1. The van der Waals surface area contributed by atoms with Gasteiger partial charge in [0.25, 0.3) is 0 Å². The molecule has 0 fully saturated rings. The van der Waals surface area contributed by atoms with Crippen LogP contribution in [0.25, 0.3) is 11.4 Å². The predicted octanol–water partition coefficient (Wildman–Crippen LogP) is 4.32. The van der Waals surface area contributed by atoms with E-state index in [-0.39, 0.29) is 12.4 Å². The summed E-state index contributed by atoms with van der Waals surface area (Å²) in [7, 11) is 0. The van der Waals surface area contributed by atoms with Crippen LogP contribution in [0.1, 0.15) is 12.5 Å². The molecule has 0 aliphatic rings. The first-order valence-electron chi connectivity index (χ1n) is 9.39. The van der Waals surface area contributed by atoms with Crippen LogP contribution in [0.2, 0.25) is 0 Å². The summed E-state index contributed by atoms with van der Waals surface area (Å²) in [6.45, 7) is 2.54. The van der Waals surface area contributed by atoms with Gasteiger partial charge in [-0.15, -0.1) is 10.2 Å². The Labute approximate surface area is 187 Å². The number of carbonyl (C=O) groups is 2. The molecule has 3 rings (SSSR count). The third kappa shape index (κ3) is 6.17. The van der Waals surface area contributed by atoms with Crippen molar-refractivity contribution in [3.63, 3.8) is 0 Å². The van der Waals surface area contributed by atoms with Gasteiger partial charge in [0.1, 0.15) is 0 Å². The zero-order valence-electron chi connectivity index (χ0n) is 16.4. The van der Waals surface area contributed by atoms with Crippen molar-refractivity contribution < 1.29 is 14.3 Å². The molecule has 0 saturated heterocycles. The van der Waals surface area contributed by atoms with Gasteiger partial charge in [-0.25, -0.2) is 4.79 Å². The maximum atomic E-state index is 12.0. The summed E-state index contributed by atoms with van der Waals surface area (Å²) in [4.78, 5) is 23.4. The highest BCUT2D eigenvalue weighted by Crippen LogP contribution is 2.25. The quantitative estimate of drug-likeness (QED) is 0.475. The van der Waals surface area contributed by atoms with Gasteiger partial charge >= 0.3 is 6.09 Å². The number of hydrogen-bond donors (Lipinski definition) is 1. The number of carbonyl (C=O) groups excluding carboxylic acids is 2. The third-order valence-electron chi connectivity index (χ3n) is 4.14. The second kappa shape index (κ2) is 10.9. The van der Waals surface area contributed by atoms with Gasteiger partial charge in [-0.2, -0.15) is 0 Å². The Kier molecular flexibility index (Phi) is 8.04.